The summed E-state index contributed by atoms with van der Waals surface area (Å²) in [5.74, 6) is 3.24. The molecule has 1 saturated heterocycles. The van der Waals surface area contributed by atoms with Crippen molar-refractivity contribution in [1.82, 2.24) is 14.8 Å². The lowest BCUT2D eigenvalue weighted by Gasteiger charge is -2.18. The molecule has 2 aromatic rings. The Morgan fingerprint density at radius 3 is 2.65 bits per heavy atom. The number of hydrogen-bond donors (Lipinski definition) is 0. The summed E-state index contributed by atoms with van der Waals surface area (Å²) in [5, 5.41) is 4.87. The van der Waals surface area contributed by atoms with Crippen LogP contribution in [0.4, 0.5) is 0 Å². The van der Waals surface area contributed by atoms with Gasteiger partial charge in [-0.2, -0.15) is 5.10 Å². The topological polar surface area (TPSA) is 39.9 Å². The molecule has 0 spiro atoms. The van der Waals surface area contributed by atoms with Crippen LogP contribution in [0.25, 0.3) is 0 Å². The molecule has 0 aliphatic carbocycles. The molecule has 1 aromatic carbocycles. The van der Waals surface area contributed by atoms with Gasteiger partial charge in [-0.3, -0.25) is 0 Å². The van der Waals surface area contributed by atoms with Crippen LogP contribution >= 0.6 is 0 Å². The number of benzene rings is 1. The van der Waals surface area contributed by atoms with Crippen molar-refractivity contribution in [3.05, 3.63) is 47.5 Å². The Kier molecular flexibility index (Phi) is 5.44. The average Bonchev–Trinajstić information content (AvgIpc) is 2.99. The van der Waals surface area contributed by atoms with E-state index in [-0.39, 0.29) is 0 Å². The molecule has 1 aromatic heterocycles. The molecule has 0 bridgehead atoms. The average molecular weight is 313 g/mol. The molecular formula is C19H27N3O. The number of hydrogen-bond acceptors (Lipinski definition) is 3. The minimum absolute atomic E-state index is 0.455. The molecule has 4 nitrogen and oxygen atoms in total. The predicted molar refractivity (Wildman–Crippen MR) is 91.5 cm³/mol. The first kappa shape index (κ1) is 16.2. The normalized spacial score (nSPS) is 17.3. The van der Waals surface area contributed by atoms with Crippen LogP contribution in [0.5, 0.6) is 0 Å². The van der Waals surface area contributed by atoms with Crippen LogP contribution in [-0.4, -0.2) is 28.0 Å². The highest BCUT2D eigenvalue weighted by atomic mass is 16.5. The third-order valence-electron chi connectivity index (χ3n) is 4.75. The summed E-state index contributed by atoms with van der Waals surface area (Å²) in [4.78, 5) is 4.91. The van der Waals surface area contributed by atoms with Gasteiger partial charge in [-0.25, -0.2) is 9.67 Å². The highest BCUT2D eigenvalue weighted by Gasteiger charge is 2.22. The van der Waals surface area contributed by atoms with Crippen LogP contribution in [0, 0.1) is 5.92 Å². The van der Waals surface area contributed by atoms with Gasteiger partial charge in [0.1, 0.15) is 5.82 Å². The summed E-state index contributed by atoms with van der Waals surface area (Å²) in [5.41, 5.74) is 1.28. The molecule has 23 heavy (non-hydrogen) atoms. The minimum atomic E-state index is 0.455. The quantitative estimate of drug-likeness (QED) is 0.814. The Bertz CT molecular complexity index is 602. The Labute approximate surface area is 138 Å². The molecule has 3 rings (SSSR count). The smallest absolute Gasteiger partial charge is 0.154 e. The number of aromatic nitrogens is 3. The van der Waals surface area contributed by atoms with Crippen LogP contribution in [-0.2, 0) is 17.7 Å². The van der Waals surface area contributed by atoms with Crippen LogP contribution in [0.2, 0.25) is 0 Å². The second-order valence-corrected chi connectivity index (χ2v) is 6.63. The van der Waals surface area contributed by atoms with Gasteiger partial charge in [0.05, 0.1) is 6.54 Å². The van der Waals surface area contributed by atoms with Gasteiger partial charge >= 0.3 is 0 Å². The van der Waals surface area contributed by atoms with Crippen LogP contribution in [0.15, 0.2) is 30.3 Å². The van der Waals surface area contributed by atoms with Gasteiger partial charge in [-0.1, -0.05) is 50.6 Å². The van der Waals surface area contributed by atoms with E-state index >= 15 is 0 Å². The summed E-state index contributed by atoms with van der Waals surface area (Å²) in [6, 6.07) is 10.5. The molecule has 0 radical (unpaired) electrons. The highest BCUT2D eigenvalue weighted by Crippen LogP contribution is 2.25. The maximum atomic E-state index is 5.47. The van der Waals surface area contributed by atoms with E-state index < -0.39 is 0 Å². The Hall–Kier alpha value is -1.68. The fourth-order valence-corrected chi connectivity index (χ4v) is 3.01. The van der Waals surface area contributed by atoms with E-state index in [1.54, 1.807) is 0 Å². The Balaban J connectivity index is 1.83. The summed E-state index contributed by atoms with van der Waals surface area (Å²) >= 11 is 0. The van der Waals surface area contributed by atoms with Crippen molar-refractivity contribution in [2.75, 3.05) is 13.2 Å². The molecule has 2 heterocycles. The van der Waals surface area contributed by atoms with Gasteiger partial charge in [0.15, 0.2) is 5.82 Å². The number of rotatable bonds is 6. The highest BCUT2D eigenvalue weighted by molar-refractivity contribution is 5.15. The zero-order valence-electron chi connectivity index (χ0n) is 14.2. The minimum Gasteiger partial charge on any atom is -0.381 e. The van der Waals surface area contributed by atoms with Crippen LogP contribution in [0.1, 0.15) is 56.2 Å². The lowest BCUT2D eigenvalue weighted by Crippen LogP contribution is -2.15. The van der Waals surface area contributed by atoms with Crippen molar-refractivity contribution in [3.8, 4) is 0 Å². The van der Waals surface area contributed by atoms with E-state index in [4.69, 9.17) is 14.8 Å². The molecule has 124 valence electrons. The first-order chi connectivity index (χ1) is 11.3. The number of ether oxygens (including phenoxy) is 1. The lowest BCUT2D eigenvalue weighted by atomic mass is 10.00. The van der Waals surface area contributed by atoms with Crippen molar-refractivity contribution in [2.45, 2.75) is 52.0 Å². The van der Waals surface area contributed by atoms with Crippen LogP contribution < -0.4 is 0 Å². The third kappa shape index (κ3) is 4.20. The summed E-state index contributed by atoms with van der Waals surface area (Å²) in [6.45, 7) is 7.00. The molecule has 1 atom stereocenters. The fourth-order valence-electron chi connectivity index (χ4n) is 3.01. The van der Waals surface area contributed by atoms with E-state index in [1.807, 2.05) is 0 Å². The van der Waals surface area contributed by atoms with Gasteiger partial charge < -0.3 is 4.74 Å². The van der Waals surface area contributed by atoms with Crippen molar-refractivity contribution < 1.29 is 4.74 Å². The van der Waals surface area contributed by atoms with E-state index in [9.17, 15) is 0 Å². The molecule has 0 unspecified atom stereocenters. The molecule has 1 aliphatic rings. The third-order valence-corrected chi connectivity index (χ3v) is 4.75. The fraction of sp³-hybridized carbons (Fsp3) is 0.579. The van der Waals surface area contributed by atoms with Gasteiger partial charge in [0.2, 0.25) is 0 Å². The summed E-state index contributed by atoms with van der Waals surface area (Å²) in [7, 11) is 0. The van der Waals surface area contributed by atoms with Crippen molar-refractivity contribution in [1.29, 1.82) is 0 Å². The molecule has 0 N–H and O–H groups in total. The predicted octanol–water partition coefficient (Wildman–Crippen LogP) is 3.81. The summed E-state index contributed by atoms with van der Waals surface area (Å²) < 4.78 is 7.59. The molecule has 1 aliphatic heterocycles. The van der Waals surface area contributed by atoms with Gasteiger partial charge in [0.25, 0.3) is 0 Å². The van der Waals surface area contributed by atoms with Crippen molar-refractivity contribution in [3.63, 3.8) is 0 Å². The zero-order valence-corrected chi connectivity index (χ0v) is 14.2. The maximum absolute atomic E-state index is 5.47. The number of nitrogens with zero attached hydrogens (tertiary/aromatic N) is 3. The maximum Gasteiger partial charge on any atom is 0.154 e. The SMILES string of the molecule is CC[C@H](C)Cc1nc(C2CCOCC2)nn1Cc1ccccc1. The standard InChI is InChI=1S/C19H27N3O/c1-3-15(2)13-18-20-19(17-9-11-23-12-10-17)21-22(18)14-16-7-5-4-6-8-16/h4-8,15,17H,3,9-14H2,1-2H3/t15-/m0/s1. The summed E-state index contributed by atoms with van der Waals surface area (Å²) in [6.07, 6.45) is 4.25. The van der Waals surface area contributed by atoms with E-state index in [2.05, 4.69) is 48.9 Å². The largest absolute Gasteiger partial charge is 0.381 e. The molecule has 0 amide bonds. The second kappa shape index (κ2) is 7.73. The first-order valence-electron chi connectivity index (χ1n) is 8.81. The molecular weight excluding hydrogens is 286 g/mol. The van der Waals surface area contributed by atoms with Gasteiger partial charge in [-0.15, -0.1) is 0 Å². The Morgan fingerprint density at radius 1 is 1.22 bits per heavy atom. The monoisotopic (exact) mass is 313 g/mol. The van der Waals surface area contributed by atoms with Crippen LogP contribution in [0.3, 0.4) is 0 Å². The molecule has 0 saturated carbocycles. The lowest BCUT2D eigenvalue weighted by molar-refractivity contribution is 0.0835. The molecule has 1 fully saturated rings. The van der Waals surface area contributed by atoms with Crippen molar-refractivity contribution in [2.24, 2.45) is 5.92 Å². The van der Waals surface area contributed by atoms with Gasteiger partial charge in [0, 0.05) is 25.6 Å². The van der Waals surface area contributed by atoms with E-state index in [0.29, 0.717) is 11.8 Å². The van der Waals surface area contributed by atoms with E-state index in [1.165, 1.54) is 12.0 Å². The molecule has 4 heteroatoms. The van der Waals surface area contributed by atoms with E-state index in [0.717, 1.165) is 50.7 Å². The van der Waals surface area contributed by atoms with Crippen molar-refractivity contribution >= 4 is 0 Å². The second-order valence-electron chi connectivity index (χ2n) is 6.63. The first-order valence-corrected chi connectivity index (χ1v) is 8.81. The Morgan fingerprint density at radius 2 is 1.96 bits per heavy atom. The van der Waals surface area contributed by atoms with Gasteiger partial charge in [-0.05, 0) is 24.3 Å². The zero-order chi connectivity index (χ0) is 16.1.